The average molecular weight is 363 g/mol. The first-order valence-electron chi connectivity index (χ1n) is 8.57. The molecule has 0 radical (unpaired) electrons. The number of hydrogen-bond acceptors (Lipinski definition) is 5. The van der Waals surface area contributed by atoms with Crippen LogP contribution < -0.4 is 10.5 Å². The first-order valence-corrected chi connectivity index (χ1v) is 8.57. The van der Waals surface area contributed by atoms with Crippen LogP contribution in [0.5, 0.6) is 0 Å². The highest BCUT2D eigenvalue weighted by Gasteiger charge is 2.46. The van der Waals surface area contributed by atoms with Gasteiger partial charge in [0.1, 0.15) is 11.6 Å². The Morgan fingerprint density at radius 3 is 2.59 bits per heavy atom. The van der Waals surface area contributed by atoms with E-state index in [0.29, 0.717) is 16.7 Å². The number of ether oxygens (including phenoxy) is 1. The number of benzene rings is 2. The van der Waals surface area contributed by atoms with Crippen molar-refractivity contribution in [2.24, 2.45) is 0 Å². The number of esters is 1. The highest BCUT2D eigenvalue weighted by Crippen LogP contribution is 2.38. The quantitative estimate of drug-likeness (QED) is 0.528. The Kier molecular flexibility index (Phi) is 4.24. The maximum absolute atomic E-state index is 12.8. The van der Waals surface area contributed by atoms with Crippen LogP contribution in [0.15, 0.2) is 69.9 Å². The van der Waals surface area contributed by atoms with Gasteiger partial charge in [0.15, 0.2) is 0 Å². The van der Waals surface area contributed by atoms with E-state index >= 15 is 0 Å². The molecule has 0 bridgehead atoms. The van der Waals surface area contributed by atoms with Gasteiger partial charge in [0, 0.05) is 29.5 Å². The van der Waals surface area contributed by atoms with E-state index in [2.05, 4.69) is 0 Å². The third-order valence-electron chi connectivity index (χ3n) is 4.87. The molecule has 1 aromatic heterocycles. The average Bonchev–Trinajstić information content (AvgIpc) is 3.05. The summed E-state index contributed by atoms with van der Waals surface area (Å²) in [7, 11) is 1.32. The second-order valence-corrected chi connectivity index (χ2v) is 6.43. The Hall–Kier alpha value is -3.41. The number of anilines is 1. The van der Waals surface area contributed by atoms with Crippen molar-refractivity contribution in [2.75, 3.05) is 12.0 Å². The Morgan fingerprint density at radius 1 is 1.07 bits per heavy atom. The zero-order valence-electron chi connectivity index (χ0n) is 14.6. The van der Waals surface area contributed by atoms with Crippen molar-refractivity contribution in [3.8, 4) is 0 Å². The number of rotatable bonds is 3. The van der Waals surface area contributed by atoms with E-state index in [-0.39, 0.29) is 18.2 Å². The van der Waals surface area contributed by atoms with Crippen molar-refractivity contribution in [1.29, 1.82) is 0 Å². The van der Waals surface area contributed by atoms with Gasteiger partial charge in [-0.15, -0.1) is 0 Å². The molecule has 0 aliphatic carbocycles. The standard InChI is InChI=1S/C21H17NO5/c1-26-21(25)20-16(13-5-3-2-4-6-13)12-18(23)22(20)15-8-9-17-14(11-15)7-10-19(24)27-17/h2-11,16,20H,12H2,1H3/t16-,20+/m0/s1. The fourth-order valence-electron chi connectivity index (χ4n) is 3.64. The number of carbonyl (C=O) groups excluding carboxylic acids is 2. The molecule has 6 heteroatoms. The molecule has 6 nitrogen and oxygen atoms in total. The van der Waals surface area contributed by atoms with Crippen LogP contribution in [0.25, 0.3) is 11.0 Å². The fourth-order valence-corrected chi connectivity index (χ4v) is 3.64. The van der Waals surface area contributed by atoms with Crippen LogP contribution in [0.2, 0.25) is 0 Å². The second-order valence-electron chi connectivity index (χ2n) is 6.43. The molecular weight excluding hydrogens is 346 g/mol. The van der Waals surface area contributed by atoms with Crippen molar-refractivity contribution >= 4 is 28.5 Å². The predicted molar refractivity (Wildman–Crippen MR) is 99.6 cm³/mol. The number of nitrogens with zero attached hydrogens (tertiary/aromatic N) is 1. The topological polar surface area (TPSA) is 76.8 Å². The lowest BCUT2D eigenvalue weighted by Gasteiger charge is -2.26. The summed E-state index contributed by atoms with van der Waals surface area (Å²) in [4.78, 5) is 38.2. The smallest absolute Gasteiger partial charge is 0.336 e. The summed E-state index contributed by atoms with van der Waals surface area (Å²) in [6.45, 7) is 0. The lowest BCUT2D eigenvalue weighted by molar-refractivity contribution is -0.142. The molecule has 1 amide bonds. The van der Waals surface area contributed by atoms with Crippen LogP contribution in [0.3, 0.4) is 0 Å². The highest BCUT2D eigenvalue weighted by atomic mass is 16.5. The maximum Gasteiger partial charge on any atom is 0.336 e. The molecule has 1 fully saturated rings. The molecule has 136 valence electrons. The molecule has 1 aliphatic rings. The van der Waals surface area contributed by atoms with Gasteiger partial charge in [-0.25, -0.2) is 9.59 Å². The van der Waals surface area contributed by atoms with E-state index in [0.717, 1.165) is 5.56 Å². The summed E-state index contributed by atoms with van der Waals surface area (Å²) in [5, 5.41) is 0.673. The molecule has 4 rings (SSSR count). The van der Waals surface area contributed by atoms with Gasteiger partial charge in [-0.3, -0.25) is 9.69 Å². The Balaban J connectivity index is 1.80. The predicted octanol–water partition coefficient (Wildman–Crippen LogP) is 2.86. The molecule has 0 unspecified atom stereocenters. The molecule has 3 aromatic rings. The van der Waals surface area contributed by atoms with Crippen LogP contribution in [-0.4, -0.2) is 25.0 Å². The van der Waals surface area contributed by atoms with Crippen LogP contribution >= 0.6 is 0 Å². The number of fused-ring (bicyclic) bond motifs is 1. The molecule has 1 saturated heterocycles. The number of hydrogen-bond donors (Lipinski definition) is 0. The van der Waals surface area contributed by atoms with Gasteiger partial charge in [0.25, 0.3) is 0 Å². The molecule has 2 aromatic carbocycles. The SMILES string of the molecule is COC(=O)[C@H]1[C@H](c2ccccc2)CC(=O)N1c1ccc2oc(=O)ccc2c1. The van der Waals surface area contributed by atoms with Crippen molar-refractivity contribution in [1.82, 2.24) is 0 Å². The highest BCUT2D eigenvalue weighted by molar-refractivity contribution is 6.05. The minimum atomic E-state index is -0.752. The lowest BCUT2D eigenvalue weighted by atomic mass is 9.91. The van der Waals surface area contributed by atoms with Gasteiger partial charge in [-0.05, 0) is 29.8 Å². The number of methoxy groups -OCH3 is 1. The monoisotopic (exact) mass is 363 g/mol. The first kappa shape index (κ1) is 17.0. The van der Waals surface area contributed by atoms with E-state index < -0.39 is 17.6 Å². The third-order valence-corrected chi connectivity index (χ3v) is 4.87. The molecule has 2 atom stereocenters. The summed E-state index contributed by atoms with van der Waals surface area (Å²) in [6.07, 6.45) is 0.214. The van der Waals surface area contributed by atoms with E-state index in [9.17, 15) is 14.4 Å². The second kappa shape index (κ2) is 6.72. The van der Waals surface area contributed by atoms with E-state index in [1.165, 1.54) is 18.1 Å². The normalized spacial score (nSPS) is 19.4. The molecular formula is C21H17NO5. The van der Waals surface area contributed by atoms with Crippen LogP contribution in [-0.2, 0) is 14.3 Å². The number of amides is 1. The molecule has 0 N–H and O–H groups in total. The minimum absolute atomic E-state index is 0.156. The van der Waals surface area contributed by atoms with Gasteiger partial charge in [0.2, 0.25) is 5.91 Å². The maximum atomic E-state index is 12.8. The summed E-state index contributed by atoms with van der Waals surface area (Å²) >= 11 is 0. The van der Waals surface area contributed by atoms with Gasteiger partial charge in [-0.1, -0.05) is 30.3 Å². The fraction of sp³-hybridized carbons (Fsp3) is 0.190. The van der Waals surface area contributed by atoms with Gasteiger partial charge in [-0.2, -0.15) is 0 Å². The summed E-state index contributed by atoms with van der Waals surface area (Å²) < 4.78 is 10.1. The largest absolute Gasteiger partial charge is 0.467 e. The van der Waals surface area contributed by atoms with E-state index in [1.807, 2.05) is 30.3 Å². The Bertz CT molecular complexity index is 1070. The van der Waals surface area contributed by atoms with Crippen LogP contribution in [0, 0.1) is 0 Å². The zero-order chi connectivity index (χ0) is 19.0. The molecule has 0 spiro atoms. The van der Waals surface area contributed by atoms with Crippen LogP contribution in [0.1, 0.15) is 17.9 Å². The summed E-state index contributed by atoms with van der Waals surface area (Å²) in [5.41, 5.74) is 1.46. The van der Waals surface area contributed by atoms with Gasteiger partial charge >= 0.3 is 11.6 Å². The van der Waals surface area contributed by atoms with E-state index in [4.69, 9.17) is 9.15 Å². The third kappa shape index (κ3) is 2.99. The molecule has 1 aliphatic heterocycles. The molecule has 2 heterocycles. The molecule has 27 heavy (non-hydrogen) atoms. The summed E-state index contributed by atoms with van der Waals surface area (Å²) in [6, 6.07) is 16.7. The van der Waals surface area contributed by atoms with Gasteiger partial charge in [0.05, 0.1) is 7.11 Å². The van der Waals surface area contributed by atoms with Crippen LogP contribution in [0.4, 0.5) is 5.69 Å². The zero-order valence-corrected chi connectivity index (χ0v) is 14.6. The summed E-state index contributed by atoms with van der Waals surface area (Å²) in [5.74, 6) is -0.916. The number of carbonyl (C=O) groups is 2. The van der Waals surface area contributed by atoms with Gasteiger partial charge < -0.3 is 9.15 Å². The molecule has 0 saturated carbocycles. The minimum Gasteiger partial charge on any atom is -0.467 e. The van der Waals surface area contributed by atoms with Crippen molar-refractivity contribution in [2.45, 2.75) is 18.4 Å². The lowest BCUT2D eigenvalue weighted by Crippen LogP contribution is -2.41. The van der Waals surface area contributed by atoms with Crippen molar-refractivity contribution in [3.63, 3.8) is 0 Å². The Morgan fingerprint density at radius 2 is 1.85 bits per heavy atom. The van der Waals surface area contributed by atoms with E-state index in [1.54, 1.807) is 24.3 Å². The Labute approximate surface area is 155 Å². The van der Waals surface area contributed by atoms with Crippen molar-refractivity contribution in [3.05, 3.63) is 76.6 Å². The van der Waals surface area contributed by atoms with Crippen molar-refractivity contribution < 1.29 is 18.7 Å². The first-order chi connectivity index (χ1) is 13.1.